The third kappa shape index (κ3) is 2.08. The quantitative estimate of drug-likeness (QED) is 0.913. The number of benzene rings is 1. The molecule has 1 aliphatic rings. The number of hydrogen-bond donors (Lipinski definition) is 1. The Kier molecular flexibility index (Phi) is 2.94. The number of aryl methyl sites for hydroxylation is 2. The van der Waals surface area contributed by atoms with Crippen molar-refractivity contribution in [3.05, 3.63) is 47.3 Å². The second kappa shape index (κ2) is 4.49. The van der Waals surface area contributed by atoms with Crippen LogP contribution >= 0.6 is 0 Å². The minimum atomic E-state index is 0.166. The van der Waals surface area contributed by atoms with E-state index in [1.54, 1.807) is 0 Å². The summed E-state index contributed by atoms with van der Waals surface area (Å²) in [5.41, 5.74) is 10.9. The Hall–Kier alpha value is -1.61. The number of rotatable bonds is 4. The van der Waals surface area contributed by atoms with Crippen LogP contribution in [-0.2, 0) is 11.8 Å². The Balaban J connectivity index is 1.96. The monoisotopic (exact) mass is 255 g/mol. The number of nitrogens with zero attached hydrogens (tertiary/aromatic N) is 2. The highest BCUT2D eigenvalue weighted by molar-refractivity contribution is 5.38. The second-order valence-electron chi connectivity index (χ2n) is 5.59. The van der Waals surface area contributed by atoms with E-state index in [2.05, 4.69) is 44.2 Å². The maximum Gasteiger partial charge on any atom is 0.0706 e. The number of aromatic nitrogens is 2. The Morgan fingerprint density at radius 1 is 1.26 bits per heavy atom. The van der Waals surface area contributed by atoms with Crippen molar-refractivity contribution in [2.24, 2.45) is 5.73 Å². The van der Waals surface area contributed by atoms with Crippen LogP contribution < -0.4 is 5.73 Å². The predicted molar refractivity (Wildman–Crippen MR) is 77.6 cm³/mol. The summed E-state index contributed by atoms with van der Waals surface area (Å²) in [7, 11) is 0. The van der Waals surface area contributed by atoms with E-state index in [4.69, 9.17) is 10.8 Å². The Labute approximate surface area is 114 Å². The maximum atomic E-state index is 5.89. The molecule has 1 aromatic heterocycles. The van der Waals surface area contributed by atoms with Gasteiger partial charge in [0.25, 0.3) is 0 Å². The summed E-state index contributed by atoms with van der Waals surface area (Å²) in [6, 6.07) is 10.8. The van der Waals surface area contributed by atoms with E-state index in [-0.39, 0.29) is 5.41 Å². The normalized spacial score (nSPS) is 16.6. The molecule has 0 radical (unpaired) electrons. The van der Waals surface area contributed by atoms with Crippen LogP contribution in [0.4, 0.5) is 0 Å². The molecule has 0 amide bonds. The molecule has 2 aromatic rings. The Morgan fingerprint density at radius 2 is 1.95 bits per heavy atom. The molecule has 3 nitrogen and oxygen atoms in total. The van der Waals surface area contributed by atoms with Gasteiger partial charge in [0.1, 0.15) is 0 Å². The van der Waals surface area contributed by atoms with Gasteiger partial charge in [-0.2, -0.15) is 5.10 Å². The van der Waals surface area contributed by atoms with Crippen molar-refractivity contribution in [1.82, 2.24) is 9.78 Å². The summed E-state index contributed by atoms with van der Waals surface area (Å²) in [6.45, 7) is 4.99. The molecular weight excluding hydrogens is 234 g/mol. The molecule has 19 heavy (non-hydrogen) atoms. The van der Waals surface area contributed by atoms with Crippen LogP contribution in [0.1, 0.15) is 36.7 Å². The van der Waals surface area contributed by atoms with Crippen LogP contribution in [-0.4, -0.2) is 16.3 Å². The van der Waals surface area contributed by atoms with Crippen molar-refractivity contribution < 1.29 is 0 Å². The molecule has 1 aliphatic carbocycles. The minimum absolute atomic E-state index is 0.166. The van der Waals surface area contributed by atoms with E-state index in [9.17, 15) is 0 Å². The van der Waals surface area contributed by atoms with Crippen LogP contribution in [0, 0.1) is 6.92 Å². The lowest BCUT2D eigenvalue weighted by Crippen LogP contribution is -2.20. The van der Waals surface area contributed by atoms with Gasteiger partial charge in [0.15, 0.2) is 0 Å². The van der Waals surface area contributed by atoms with Crippen LogP contribution in [0.3, 0.4) is 0 Å². The molecule has 1 heterocycles. The first kappa shape index (κ1) is 12.4. The van der Waals surface area contributed by atoms with Gasteiger partial charge in [-0.15, -0.1) is 0 Å². The molecule has 0 saturated heterocycles. The van der Waals surface area contributed by atoms with Crippen molar-refractivity contribution in [2.45, 2.75) is 38.5 Å². The van der Waals surface area contributed by atoms with Crippen LogP contribution in [0.25, 0.3) is 5.69 Å². The fraction of sp³-hybridized carbons (Fsp3) is 0.438. The molecule has 2 N–H and O–H groups in total. The summed E-state index contributed by atoms with van der Waals surface area (Å²) in [6.07, 6.45) is 3.42. The molecule has 0 aliphatic heterocycles. The van der Waals surface area contributed by atoms with E-state index in [1.165, 1.54) is 24.1 Å². The molecule has 0 bridgehead atoms. The number of hydrogen-bond acceptors (Lipinski definition) is 2. The fourth-order valence-corrected chi connectivity index (χ4v) is 2.58. The average Bonchev–Trinajstić information content (AvgIpc) is 3.16. The lowest BCUT2D eigenvalue weighted by molar-refractivity contribution is 0.660. The van der Waals surface area contributed by atoms with Gasteiger partial charge in [-0.3, -0.25) is 0 Å². The van der Waals surface area contributed by atoms with Crippen molar-refractivity contribution in [3.8, 4) is 5.69 Å². The lowest BCUT2D eigenvalue weighted by Gasteiger charge is -2.08. The topological polar surface area (TPSA) is 43.8 Å². The van der Waals surface area contributed by atoms with Crippen molar-refractivity contribution in [2.75, 3.05) is 6.54 Å². The summed E-state index contributed by atoms with van der Waals surface area (Å²) in [5.74, 6) is 0. The number of nitrogens with two attached hydrogens (primary N) is 1. The van der Waals surface area contributed by atoms with E-state index in [0.717, 1.165) is 17.8 Å². The highest BCUT2D eigenvalue weighted by atomic mass is 15.3. The van der Waals surface area contributed by atoms with Gasteiger partial charge in [0.05, 0.1) is 11.4 Å². The first-order valence-electron chi connectivity index (χ1n) is 7.05. The first-order chi connectivity index (χ1) is 9.18. The van der Waals surface area contributed by atoms with Gasteiger partial charge in [0, 0.05) is 17.7 Å². The molecule has 100 valence electrons. The summed E-state index contributed by atoms with van der Waals surface area (Å²) < 4.78 is 2.03. The average molecular weight is 255 g/mol. The molecule has 1 saturated carbocycles. The maximum absolute atomic E-state index is 5.89. The zero-order chi connectivity index (χ0) is 13.5. The molecule has 1 aromatic carbocycles. The Morgan fingerprint density at radius 3 is 2.47 bits per heavy atom. The predicted octanol–water partition coefficient (Wildman–Crippen LogP) is 2.73. The summed E-state index contributed by atoms with van der Waals surface area (Å²) in [4.78, 5) is 0. The van der Waals surface area contributed by atoms with Gasteiger partial charge in [-0.1, -0.05) is 19.1 Å². The van der Waals surface area contributed by atoms with Crippen molar-refractivity contribution in [1.29, 1.82) is 0 Å². The van der Waals surface area contributed by atoms with Gasteiger partial charge in [0.2, 0.25) is 0 Å². The summed E-state index contributed by atoms with van der Waals surface area (Å²) >= 11 is 0. The molecule has 0 spiro atoms. The molecule has 3 rings (SSSR count). The van der Waals surface area contributed by atoms with Gasteiger partial charge in [-0.05, 0) is 49.9 Å². The van der Waals surface area contributed by atoms with Crippen LogP contribution in [0.2, 0.25) is 0 Å². The second-order valence-corrected chi connectivity index (χ2v) is 5.59. The van der Waals surface area contributed by atoms with Gasteiger partial charge < -0.3 is 5.73 Å². The fourth-order valence-electron chi connectivity index (χ4n) is 2.58. The smallest absolute Gasteiger partial charge is 0.0706 e. The van der Waals surface area contributed by atoms with Gasteiger partial charge in [-0.25, -0.2) is 4.68 Å². The standard InChI is InChI=1S/C16H21N3/c1-3-13-4-6-14(7-5-13)19-12(2)10-15(18-19)16(11-17)8-9-16/h4-7,10H,3,8-9,11,17H2,1-2H3. The van der Waals surface area contributed by atoms with Crippen molar-refractivity contribution in [3.63, 3.8) is 0 Å². The first-order valence-corrected chi connectivity index (χ1v) is 7.05. The van der Waals surface area contributed by atoms with Crippen molar-refractivity contribution >= 4 is 0 Å². The van der Waals surface area contributed by atoms with E-state index >= 15 is 0 Å². The highest BCUT2D eigenvalue weighted by Crippen LogP contribution is 2.46. The Bertz CT molecular complexity index is 577. The lowest BCUT2D eigenvalue weighted by atomic mass is 10.0. The minimum Gasteiger partial charge on any atom is -0.330 e. The van der Waals surface area contributed by atoms with E-state index < -0.39 is 0 Å². The van der Waals surface area contributed by atoms with Gasteiger partial charge >= 0.3 is 0 Å². The third-order valence-corrected chi connectivity index (χ3v) is 4.26. The van der Waals surface area contributed by atoms with Crippen LogP contribution in [0.15, 0.2) is 30.3 Å². The SMILES string of the molecule is CCc1ccc(-n2nc(C3(CN)CC3)cc2C)cc1. The molecule has 1 fully saturated rings. The highest BCUT2D eigenvalue weighted by Gasteiger charge is 2.45. The molecular formula is C16H21N3. The zero-order valence-electron chi connectivity index (χ0n) is 11.7. The third-order valence-electron chi connectivity index (χ3n) is 4.26. The molecule has 0 unspecified atom stereocenters. The summed E-state index contributed by atoms with van der Waals surface area (Å²) in [5, 5.41) is 4.78. The zero-order valence-corrected chi connectivity index (χ0v) is 11.7. The van der Waals surface area contributed by atoms with E-state index in [1.807, 2.05) is 4.68 Å². The largest absolute Gasteiger partial charge is 0.330 e. The van der Waals surface area contributed by atoms with Crippen LogP contribution in [0.5, 0.6) is 0 Å². The van der Waals surface area contributed by atoms with E-state index in [0.29, 0.717) is 6.54 Å². The molecule has 3 heteroatoms. The molecule has 0 atom stereocenters.